The van der Waals surface area contributed by atoms with Crippen LogP contribution in [0, 0.1) is 35.4 Å². The topological polar surface area (TPSA) is 0 Å². The number of hydrogen-bond acceptors (Lipinski definition) is 0. The van der Waals surface area contributed by atoms with Crippen molar-refractivity contribution in [1.82, 2.24) is 0 Å². The van der Waals surface area contributed by atoms with Crippen molar-refractivity contribution in [2.24, 2.45) is 29.6 Å². The second-order valence-electron chi connectivity index (χ2n) is 9.52. The van der Waals surface area contributed by atoms with Crippen LogP contribution < -0.4 is 0 Å². The first-order valence-corrected chi connectivity index (χ1v) is 11.1. The van der Waals surface area contributed by atoms with Crippen molar-refractivity contribution in [3.63, 3.8) is 0 Å². The molecule has 1 heteroatoms. The van der Waals surface area contributed by atoms with E-state index in [-0.39, 0.29) is 5.82 Å². The molecule has 0 bridgehead atoms. The van der Waals surface area contributed by atoms with Gasteiger partial charge in [0, 0.05) is 0 Å². The third-order valence-electron chi connectivity index (χ3n) is 7.87. The highest BCUT2D eigenvalue weighted by Crippen LogP contribution is 2.48. The molecule has 0 spiro atoms. The Hall–Kier alpha value is -1.11. The highest BCUT2D eigenvalue weighted by molar-refractivity contribution is 5.36. The van der Waals surface area contributed by atoms with E-state index in [0.29, 0.717) is 0 Å². The fourth-order valence-electron chi connectivity index (χ4n) is 6.33. The number of rotatable bonds is 4. The molecule has 1 aromatic carbocycles. The van der Waals surface area contributed by atoms with Crippen LogP contribution in [0.4, 0.5) is 4.39 Å². The zero-order chi connectivity index (χ0) is 18.1. The van der Waals surface area contributed by atoms with Gasteiger partial charge in [-0.1, -0.05) is 31.6 Å². The summed E-state index contributed by atoms with van der Waals surface area (Å²) in [5.74, 6) is 4.73. The molecule has 3 aliphatic rings. The monoisotopic (exact) mass is 354 g/mol. The number of fused-ring (bicyclic) bond motifs is 2. The maximum Gasteiger partial charge on any atom is 0.129 e. The van der Waals surface area contributed by atoms with E-state index >= 15 is 0 Å². The minimum absolute atomic E-state index is 0.0905. The summed E-state index contributed by atoms with van der Waals surface area (Å²) in [6, 6.07) is 4.27. The quantitative estimate of drug-likeness (QED) is 0.516. The molecule has 0 amide bonds. The largest absolute Gasteiger partial charge is 0.206 e. The van der Waals surface area contributed by atoms with E-state index in [9.17, 15) is 4.39 Å². The van der Waals surface area contributed by atoms with Gasteiger partial charge in [-0.15, -0.1) is 6.58 Å². The number of hydrogen-bond donors (Lipinski definition) is 0. The van der Waals surface area contributed by atoms with Gasteiger partial charge in [-0.05, 0) is 110 Å². The fourth-order valence-corrected chi connectivity index (χ4v) is 6.33. The van der Waals surface area contributed by atoms with Crippen molar-refractivity contribution < 1.29 is 4.39 Å². The number of allylic oxidation sites excluding steroid dienone is 1. The van der Waals surface area contributed by atoms with Crippen molar-refractivity contribution in [1.29, 1.82) is 0 Å². The van der Waals surface area contributed by atoms with Gasteiger partial charge in [-0.3, -0.25) is 0 Å². The third kappa shape index (κ3) is 3.64. The average Bonchev–Trinajstić information content (AvgIpc) is 2.67. The van der Waals surface area contributed by atoms with E-state index in [4.69, 9.17) is 0 Å². The van der Waals surface area contributed by atoms with Crippen LogP contribution in [0.1, 0.15) is 75.0 Å². The van der Waals surface area contributed by atoms with Gasteiger partial charge in [-0.2, -0.15) is 0 Å². The van der Waals surface area contributed by atoms with Crippen molar-refractivity contribution in [2.45, 2.75) is 77.6 Å². The Bertz CT molecular complexity index is 646. The molecule has 1 aromatic rings. The molecular formula is C25H35F. The Balaban J connectivity index is 1.42. The van der Waals surface area contributed by atoms with Gasteiger partial charge in [0.15, 0.2) is 0 Å². The van der Waals surface area contributed by atoms with Gasteiger partial charge in [0.05, 0.1) is 0 Å². The molecule has 0 N–H and O–H groups in total. The summed E-state index contributed by atoms with van der Waals surface area (Å²) in [7, 11) is 0. The van der Waals surface area contributed by atoms with Gasteiger partial charge >= 0.3 is 0 Å². The highest BCUT2D eigenvalue weighted by Gasteiger charge is 2.38. The highest BCUT2D eigenvalue weighted by atomic mass is 19.1. The number of aryl methyl sites for hydroxylation is 1. The molecule has 0 radical (unpaired) electrons. The van der Waals surface area contributed by atoms with Crippen molar-refractivity contribution >= 4 is 0 Å². The van der Waals surface area contributed by atoms with Crippen LogP contribution in [-0.4, -0.2) is 0 Å². The molecule has 0 aromatic heterocycles. The van der Waals surface area contributed by atoms with Crippen LogP contribution in [0.5, 0.6) is 0 Å². The predicted octanol–water partition coefficient (Wildman–Crippen LogP) is 6.90. The van der Waals surface area contributed by atoms with Crippen LogP contribution in [-0.2, 0) is 19.3 Å². The maximum absolute atomic E-state index is 14.9. The summed E-state index contributed by atoms with van der Waals surface area (Å²) in [4.78, 5) is 0. The minimum atomic E-state index is 0.0905. The first kappa shape index (κ1) is 18.3. The van der Waals surface area contributed by atoms with Crippen molar-refractivity contribution in [3.8, 4) is 0 Å². The fraction of sp³-hybridized carbons (Fsp3) is 0.680. The van der Waals surface area contributed by atoms with Gasteiger partial charge in [0.1, 0.15) is 5.82 Å². The molecule has 2 fully saturated rings. The first-order chi connectivity index (χ1) is 12.7. The molecule has 2 saturated carbocycles. The number of benzene rings is 1. The zero-order valence-electron chi connectivity index (χ0n) is 16.5. The lowest BCUT2D eigenvalue weighted by Crippen LogP contribution is -2.34. The number of halogens is 1. The summed E-state index contributed by atoms with van der Waals surface area (Å²) in [6.45, 7) is 6.21. The molecule has 0 aliphatic heterocycles. The van der Waals surface area contributed by atoms with E-state index < -0.39 is 0 Å². The van der Waals surface area contributed by atoms with Crippen LogP contribution in [0.2, 0.25) is 0 Å². The zero-order valence-corrected chi connectivity index (χ0v) is 16.5. The maximum atomic E-state index is 14.9. The van der Waals surface area contributed by atoms with E-state index in [1.807, 2.05) is 12.1 Å². The van der Waals surface area contributed by atoms with E-state index in [1.54, 1.807) is 0 Å². The first-order valence-electron chi connectivity index (χ1n) is 11.1. The molecule has 26 heavy (non-hydrogen) atoms. The van der Waals surface area contributed by atoms with Gasteiger partial charge in [0.2, 0.25) is 0 Å². The van der Waals surface area contributed by atoms with Crippen molar-refractivity contribution in [3.05, 3.63) is 47.3 Å². The second kappa shape index (κ2) is 7.87. The minimum Gasteiger partial charge on any atom is -0.206 e. The normalized spacial score (nSPS) is 34.0. The van der Waals surface area contributed by atoms with Crippen molar-refractivity contribution in [2.75, 3.05) is 0 Å². The standard InChI is InChI=1S/C25H35F/c1-3-4-5-18-8-11-23-16-22(12-13-24(23)25(18)26)21-10-9-19-14-17(2)6-7-20(19)15-21/h3,8,11,17,19-22H,1,4-7,9-10,12-16H2,2H3. The van der Waals surface area contributed by atoms with E-state index in [0.717, 1.165) is 66.4 Å². The predicted molar refractivity (Wildman–Crippen MR) is 108 cm³/mol. The molecule has 0 saturated heterocycles. The second-order valence-corrected chi connectivity index (χ2v) is 9.52. The summed E-state index contributed by atoms with van der Waals surface area (Å²) in [5.41, 5.74) is 3.22. The molecule has 142 valence electrons. The molecular weight excluding hydrogens is 319 g/mol. The molecule has 5 atom stereocenters. The molecule has 0 heterocycles. The summed E-state index contributed by atoms with van der Waals surface area (Å²) < 4.78 is 14.9. The Kier molecular flexibility index (Phi) is 5.53. The lowest BCUT2D eigenvalue weighted by Gasteiger charge is -2.44. The Morgan fingerprint density at radius 2 is 1.73 bits per heavy atom. The summed E-state index contributed by atoms with van der Waals surface area (Å²) >= 11 is 0. The molecule has 3 aliphatic carbocycles. The lowest BCUT2D eigenvalue weighted by molar-refractivity contribution is 0.0756. The summed E-state index contributed by atoms with van der Waals surface area (Å²) in [5, 5.41) is 0. The Morgan fingerprint density at radius 1 is 1.00 bits per heavy atom. The third-order valence-corrected chi connectivity index (χ3v) is 7.87. The van der Waals surface area contributed by atoms with Gasteiger partial charge in [-0.25, -0.2) is 4.39 Å². The SMILES string of the molecule is C=CCCc1ccc2c(c1F)CCC(C1CCC3CC(C)CCC3C1)C2. The Morgan fingerprint density at radius 3 is 2.54 bits per heavy atom. The lowest BCUT2D eigenvalue weighted by atomic mass is 9.61. The summed E-state index contributed by atoms with van der Waals surface area (Å²) in [6.07, 6.45) is 15.5. The molecule has 5 unspecified atom stereocenters. The van der Waals surface area contributed by atoms with Crippen LogP contribution >= 0.6 is 0 Å². The van der Waals surface area contributed by atoms with E-state index in [1.165, 1.54) is 50.5 Å². The Labute approximate surface area is 159 Å². The van der Waals surface area contributed by atoms with Crippen LogP contribution in [0.3, 0.4) is 0 Å². The van der Waals surface area contributed by atoms with E-state index in [2.05, 4.69) is 19.6 Å². The van der Waals surface area contributed by atoms with Crippen LogP contribution in [0.15, 0.2) is 24.8 Å². The molecule has 4 rings (SSSR count). The van der Waals surface area contributed by atoms with Gasteiger partial charge in [0.25, 0.3) is 0 Å². The van der Waals surface area contributed by atoms with Crippen LogP contribution in [0.25, 0.3) is 0 Å². The molecule has 0 nitrogen and oxygen atoms in total. The smallest absolute Gasteiger partial charge is 0.129 e. The average molecular weight is 355 g/mol. The van der Waals surface area contributed by atoms with Gasteiger partial charge < -0.3 is 0 Å².